The average molecular weight is 214 g/mol. The van der Waals surface area contributed by atoms with Crippen molar-refractivity contribution in [1.29, 1.82) is 0 Å². The zero-order valence-corrected chi connectivity index (χ0v) is 9.63. The molecule has 0 radical (unpaired) electrons. The maximum Gasteiger partial charge on any atom is 0.425 e. The molecule has 0 aromatic carbocycles. The highest BCUT2D eigenvalue weighted by atomic mass is 16.5. The Morgan fingerprint density at radius 1 is 1.33 bits per heavy atom. The number of hydrazone groups is 1. The molecule has 0 bridgehead atoms. The smallest absolute Gasteiger partial charge is 0.425 e. The molecule has 1 saturated heterocycles. The van der Waals surface area contributed by atoms with Crippen LogP contribution in [0.3, 0.4) is 0 Å². The van der Waals surface area contributed by atoms with E-state index in [4.69, 9.17) is 9.84 Å². The lowest BCUT2D eigenvalue weighted by atomic mass is 9.87. The molecule has 1 fully saturated rings. The maximum absolute atomic E-state index is 10.3. The van der Waals surface area contributed by atoms with Gasteiger partial charge in [0.2, 0.25) is 0 Å². The molecule has 0 unspecified atom stereocenters. The molecule has 1 aliphatic rings. The number of nitrogens with one attached hydrogen (secondary N) is 1. The maximum atomic E-state index is 10.3. The third-order valence-corrected chi connectivity index (χ3v) is 2.12. The monoisotopic (exact) mass is 214 g/mol. The van der Waals surface area contributed by atoms with Gasteiger partial charge >= 0.3 is 6.09 Å². The summed E-state index contributed by atoms with van der Waals surface area (Å²) in [4.78, 5) is 10.3. The van der Waals surface area contributed by atoms with E-state index in [1.54, 1.807) is 0 Å². The van der Waals surface area contributed by atoms with Gasteiger partial charge in [-0.1, -0.05) is 0 Å². The van der Waals surface area contributed by atoms with Crippen LogP contribution in [0, 0.1) is 0 Å². The van der Waals surface area contributed by atoms with Gasteiger partial charge in [-0.3, -0.25) is 0 Å². The minimum absolute atomic E-state index is 0.291. The first-order chi connectivity index (χ1) is 6.70. The summed E-state index contributed by atoms with van der Waals surface area (Å²) in [6, 6.07) is 0. The van der Waals surface area contributed by atoms with Gasteiger partial charge in [0.25, 0.3) is 0 Å². The highest BCUT2D eigenvalue weighted by Crippen LogP contribution is 2.32. The van der Waals surface area contributed by atoms with Crippen LogP contribution in [0.25, 0.3) is 0 Å². The number of ether oxygens (including phenoxy) is 1. The third-order valence-electron chi connectivity index (χ3n) is 2.12. The lowest BCUT2D eigenvalue weighted by Crippen LogP contribution is -2.46. The molecule has 0 aromatic rings. The van der Waals surface area contributed by atoms with Crippen LogP contribution in [0.4, 0.5) is 4.79 Å². The van der Waals surface area contributed by atoms with E-state index in [0.717, 1.165) is 5.71 Å². The molecular formula is C10H18N2O3. The number of nitrogens with zero attached hydrogens (tertiary/aromatic N) is 1. The van der Waals surface area contributed by atoms with Crippen molar-refractivity contribution >= 4 is 11.8 Å². The lowest BCUT2D eigenvalue weighted by molar-refractivity contribution is -0.126. The molecule has 5 nitrogen and oxygen atoms in total. The Kier molecular flexibility index (Phi) is 3.04. The largest absolute Gasteiger partial charge is 0.464 e. The summed E-state index contributed by atoms with van der Waals surface area (Å²) in [6.45, 7) is 7.91. The Morgan fingerprint density at radius 2 is 1.80 bits per heavy atom. The van der Waals surface area contributed by atoms with Crippen LogP contribution in [0.2, 0.25) is 0 Å². The first-order valence-electron chi connectivity index (χ1n) is 4.95. The van der Waals surface area contributed by atoms with Gasteiger partial charge in [-0.25, -0.2) is 10.2 Å². The molecule has 1 aliphatic heterocycles. The lowest BCUT2D eigenvalue weighted by Gasteiger charge is -2.41. The molecule has 0 aromatic heterocycles. The van der Waals surface area contributed by atoms with Gasteiger partial charge in [-0.05, 0) is 27.7 Å². The van der Waals surface area contributed by atoms with Crippen molar-refractivity contribution in [2.75, 3.05) is 0 Å². The summed E-state index contributed by atoms with van der Waals surface area (Å²) in [7, 11) is 0. The summed E-state index contributed by atoms with van der Waals surface area (Å²) in [5.74, 6) is 0. The Morgan fingerprint density at radius 3 is 2.20 bits per heavy atom. The normalized spacial score (nSPS) is 23.3. The number of amides is 1. The van der Waals surface area contributed by atoms with E-state index in [1.165, 1.54) is 0 Å². The van der Waals surface area contributed by atoms with E-state index >= 15 is 0 Å². The van der Waals surface area contributed by atoms with Crippen molar-refractivity contribution in [3.63, 3.8) is 0 Å². The fourth-order valence-corrected chi connectivity index (χ4v) is 2.07. The molecule has 0 atom stereocenters. The van der Waals surface area contributed by atoms with Crippen molar-refractivity contribution in [2.24, 2.45) is 5.10 Å². The van der Waals surface area contributed by atoms with E-state index in [9.17, 15) is 4.79 Å². The predicted octanol–water partition coefficient (Wildman–Crippen LogP) is 1.98. The molecule has 1 heterocycles. The van der Waals surface area contributed by atoms with E-state index in [-0.39, 0.29) is 11.2 Å². The van der Waals surface area contributed by atoms with Crippen LogP contribution in [-0.4, -0.2) is 28.1 Å². The van der Waals surface area contributed by atoms with Gasteiger partial charge in [-0.2, -0.15) is 5.10 Å². The summed E-state index contributed by atoms with van der Waals surface area (Å²) in [5, 5.41) is 12.3. The van der Waals surface area contributed by atoms with Gasteiger partial charge < -0.3 is 9.84 Å². The Labute approximate surface area is 89.5 Å². The number of hydrogen-bond donors (Lipinski definition) is 2. The van der Waals surface area contributed by atoms with Gasteiger partial charge in [-0.15, -0.1) is 0 Å². The van der Waals surface area contributed by atoms with Gasteiger partial charge in [0.1, 0.15) is 0 Å². The number of rotatable bonds is 1. The SMILES string of the molecule is CC1(C)CC(=NNC(=O)O)CC(C)(C)O1. The molecule has 0 saturated carbocycles. The standard InChI is InChI=1S/C10H18N2O3/c1-9(2)5-7(11-12-8(13)14)6-10(3,4)15-9/h12H,5-6H2,1-4H3,(H,13,14). The summed E-state index contributed by atoms with van der Waals surface area (Å²) < 4.78 is 5.84. The van der Waals surface area contributed by atoms with Gasteiger partial charge in [0.15, 0.2) is 0 Å². The topological polar surface area (TPSA) is 70.9 Å². The number of hydrogen-bond acceptors (Lipinski definition) is 3. The number of carbonyl (C=O) groups is 1. The minimum atomic E-state index is -1.13. The predicted molar refractivity (Wildman–Crippen MR) is 57.1 cm³/mol. The summed E-state index contributed by atoms with van der Waals surface area (Å²) >= 11 is 0. The Hall–Kier alpha value is -1.10. The van der Waals surface area contributed by atoms with E-state index in [2.05, 4.69) is 5.10 Å². The molecule has 86 valence electrons. The minimum Gasteiger partial charge on any atom is -0.464 e. The quantitative estimate of drug-likeness (QED) is 0.655. The summed E-state index contributed by atoms with van der Waals surface area (Å²) in [5.41, 5.74) is 2.29. The fourth-order valence-electron chi connectivity index (χ4n) is 2.07. The average Bonchev–Trinajstić information content (AvgIpc) is 1.94. The highest BCUT2D eigenvalue weighted by molar-refractivity contribution is 5.87. The second-order valence-corrected chi connectivity index (χ2v) is 5.07. The second-order valence-electron chi connectivity index (χ2n) is 5.07. The van der Waals surface area contributed by atoms with E-state index < -0.39 is 6.09 Å². The van der Waals surface area contributed by atoms with Crippen molar-refractivity contribution < 1.29 is 14.6 Å². The van der Waals surface area contributed by atoms with E-state index in [1.807, 2.05) is 33.1 Å². The molecule has 0 spiro atoms. The first kappa shape index (κ1) is 12.0. The molecule has 0 aliphatic carbocycles. The Bertz CT molecular complexity index is 277. The van der Waals surface area contributed by atoms with Crippen molar-refractivity contribution in [3.05, 3.63) is 0 Å². The number of carboxylic acid groups (broad SMARTS) is 1. The van der Waals surface area contributed by atoms with Crippen LogP contribution in [0.5, 0.6) is 0 Å². The van der Waals surface area contributed by atoms with Crippen molar-refractivity contribution in [1.82, 2.24) is 5.43 Å². The van der Waals surface area contributed by atoms with Crippen molar-refractivity contribution in [2.45, 2.75) is 51.7 Å². The van der Waals surface area contributed by atoms with Gasteiger partial charge in [0, 0.05) is 18.6 Å². The van der Waals surface area contributed by atoms with E-state index in [0.29, 0.717) is 12.8 Å². The van der Waals surface area contributed by atoms with Crippen LogP contribution < -0.4 is 5.43 Å². The van der Waals surface area contributed by atoms with Crippen molar-refractivity contribution in [3.8, 4) is 0 Å². The van der Waals surface area contributed by atoms with Crippen LogP contribution in [0.1, 0.15) is 40.5 Å². The zero-order chi connectivity index (χ0) is 11.7. The molecular weight excluding hydrogens is 196 g/mol. The second kappa shape index (κ2) is 3.81. The molecule has 15 heavy (non-hydrogen) atoms. The van der Waals surface area contributed by atoms with Gasteiger partial charge in [0.05, 0.1) is 11.2 Å². The van der Waals surface area contributed by atoms with Crippen LogP contribution >= 0.6 is 0 Å². The Balaban J connectivity index is 2.75. The molecule has 1 rings (SSSR count). The fraction of sp³-hybridized carbons (Fsp3) is 0.800. The third kappa shape index (κ3) is 3.87. The summed E-state index contributed by atoms with van der Waals surface area (Å²) in [6.07, 6.45) is 0.164. The molecule has 1 amide bonds. The van der Waals surface area contributed by atoms with Crippen LogP contribution in [0.15, 0.2) is 5.10 Å². The molecule has 2 N–H and O–H groups in total. The molecule has 5 heteroatoms. The first-order valence-corrected chi connectivity index (χ1v) is 4.95. The van der Waals surface area contributed by atoms with Crippen LogP contribution in [-0.2, 0) is 4.74 Å². The highest BCUT2D eigenvalue weighted by Gasteiger charge is 2.37. The zero-order valence-electron chi connectivity index (χ0n) is 9.63.